The van der Waals surface area contributed by atoms with E-state index in [2.05, 4.69) is 10.3 Å². The lowest BCUT2D eigenvalue weighted by atomic mass is 10.1. The van der Waals surface area contributed by atoms with Crippen molar-refractivity contribution in [2.24, 2.45) is 17.8 Å². The fourth-order valence-electron chi connectivity index (χ4n) is 3.35. The molecule has 0 spiro atoms. The summed E-state index contributed by atoms with van der Waals surface area (Å²) >= 11 is 0. The number of nitrogens with one attached hydrogen (secondary N) is 1. The summed E-state index contributed by atoms with van der Waals surface area (Å²) in [7, 11) is 0. The van der Waals surface area contributed by atoms with Gasteiger partial charge in [0.2, 0.25) is 5.91 Å². The molecule has 122 valence electrons. The number of rotatable bonds is 5. The second-order valence-corrected chi connectivity index (χ2v) is 6.02. The highest BCUT2D eigenvalue weighted by Crippen LogP contribution is 2.53. The number of hydrogen-bond donors (Lipinski definition) is 3. The number of amides is 2. The largest absolute Gasteiger partial charge is 0.465 e. The second kappa shape index (κ2) is 6.37. The number of carbonyl (C=O) groups is 2. The molecule has 2 fully saturated rings. The molecule has 0 bridgehead atoms. The van der Waals surface area contributed by atoms with Gasteiger partial charge in [-0.15, -0.1) is 0 Å². The summed E-state index contributed by atoms with van der Waals surface area (Å²) in [6, 6.07) is 3.62. The van der Waals surface area contributed by atoms with E-state index >= 15 is 0 Å². The van der Waals surface area contributed by atoms with Crippen LogP contribution < -0.4 is 5.32 Å². The van der Waals surface area contributed by atoms with Gasteiger partial charge in [-0.3, -0.25) is 9.78 Å². The van der Waals surface area contributed by atoms with Gasteiger partial charge in [0.25, 0.3) is 0 Å². The first-order chi connectivity index (χ1) is 11.1. The van der Waals surface area contributed by atoms with E-state index in [-0.39, 0.29) is 30.2 Å². The summed E-state index contributed by atoms with van der Waals surface area (Å²) in [5.74, 6) is 0.270. The number of piperidine rings is 1. The number of aliphatic hydroxyl groups is 1. The number of aliphatic hydroxyl groups excluding tert-OH is 1. The third-order valence-corrected chi connectivity index (χ3v) is 4.57. The second-order valence-electron chi connectivity index (χ2n) is 6.02. The van der Waals surface area contributed by atoms with Crippen LogP contribution in [0.2, 0.25) is 0 Å². The number of fused-ring (bicyclic) bond motifs is 1. The molecule has 1 aromatic rings. The molecule has 3 atom stereocenters. The highest BCUT2D eigenvalue weighted by atomic mass is 16.4. The molecule has 1 saturated carbocycles. The zero-order valence-electron chi connectivity index (χ0n) is 12.5. The van der Waals surface area contributed by atoms with E-state index in [1.807, 2.05) is 6.07 Å². The zero-order valence-corrected chi connectivity index (χ0v) is 12.5. The van der Waals surface area contributed by atoms with E-state index in [4.69, 9.17) is 5.11 Å². The smallest absolute Gasteiger partial charge is 0.407 e. The first-order valence-electron chi connectivity index (χ1n) is 7.58. The van der Waals surface area contributed by atoms with Gasteiger partial charge in [0, 0.05) is 38.1 Å². The third-order valence-electron chi connectivity index (χ3n) is 4.57. The molecule has 7 nitrogen and oxygen atoms in total. The maximum Gasteiger partial charge on any atom is 0.407 e. The molecule has 0 radical (unpaired) electrons. The van der Waals surface area contributed by atoms with Crippen LogP contribution in [-0.2, 0) is 4.79 Å². The lowest BCUT2D eigenvalue weighted by Gasteiger charge is -2.18. The average Bonchev–Trinajstić information content (AvgIpc) is 3.05. The van der Waals surface area contributed by atoms with Crippen LogP contribution >= 0.6 is 0 Å². The van der Waals surface area contributed by atoms with E-state index in [9.17, 15) is 14.7 Å². The van der Waals surface area contributed by atoms with Crippen molar-refractivity contribution in [3.8, 4) is 0 Å². The van der Waals surface area contributed by atoms with Crippen molar-refractivity contribution in [1.82, 2.24) is 15.2 Å². The van der Waals surface area contributed by atoms with Crippen molar-refractivity contribution >= 4 is 18.1 Å². The predicted octanol–water partition coefficient (Wildman–Crippen LogP) is 0.428. The number of carbonyl (C=O) groups excluding carboxylic acids is 1. The molecule has 2 aliphatic rings. The molecule has 3 rings (SSSR count). The molecule has 7 heteroatoms. The first-order valence-corrected chi connectivity index (χ1v) is 7.58. The Labute approximate surface area is 133 Å². The van der Waals surface area contributed by atoms with Crippen molar-refractivity contribution in [1.29, 1.82) is 0 Å². The van der Waals surface area contributed by atoms with Crippen LogP contribution in [0.15, 0.2) is 30.6 Å². The minimum Gasteiger partial charge on any atom is -0.465 e. The Bertz CT molecular complexity index is 607. The molecule has 3 N–H and O–H groups in total. The molecule has 2 heterocycles. The molecule has 2 amide bonds. The summed E-state index contributed by atoms with van der Waals surface area (Å²) in [6.45, 7) is 1.15. The van der Waals surface area contributed by atoms with Gasteiger partial charge in [0.1, 0.15) is 0 Å². The first kappa shape index (κ1) is 15.5. The lowest BCUT2D eigenvalue weighted by molar-refractivity contribution is -0.117. The van der Waals surface area contributed by atoms with Crippen LogP contribution in [0.25, 0.3) is 6.08 Å². The zero-order chi connectivity index (χ0) is 16.4. The van der Waals surface area contributed by atoms with E-state index in [0.717, 1.165) is 5.56 Å². The molecular weight excluding hydrogens is 298 g/mol. The van der Waals surface area contributed by atoms with Gasteiger partial charge in [-0.1, -0.05) is 6.07 Å². The average molecular weight is 317 g/mol. The Kier molecular flexibility index (Phi) is 4.29. The van der Waals surface area contributed by atoms with Gasteiger partial charge in [0.05, 0.1) is 6.10 Å². The molecule has 1 aromatic heterocycles. The van der Waals surface area contributed by atoms with E-state index in [0.29, 0.717) is 13.1 Å². The SMILES string of the molecule is O=C(/C=C/c1cccnc1)NCC(O)C1C2CN(C(=O)O)CC21. The van der Waals surface area contributed by atoms with Gasteiger partial charge in [-0.25, -0.2) is 4.79 Å². The van der Waals surface area contributed by atoms with Gasteiger partial charge < -0.3 is 20.4 Å². The third kappa shape index (κ3) is 3.50. The van der Waals surface area contributed by atoms with Crippen molar-refractivity contribution < 1.29 is 19.8 Å². The number of nitrogens with zero attached hydrogens (tertiary/aromatic N) is 2. The van der Waals surface area contributed by atoms with Crippen molar-refractivity contribution in [3.63, 3.8) is 0 Å². The van der Waals surface area contributed by atoms with Crippen LogP contribution in [0.4, 0.5) is 4.79 Å². The molecule has 23 heavy (non-hydrogen) atoms. The van der Waals surface area contributed by atoms with Gasteiger partial charge in [-0.2, -0.15) is 0 Å². The molecular formula is C16H19N3O4. The summed E-state index contributed by atoms with van der Waals surface area (Å²) in [5.41, 5.74) is 0.827. The fourth-order valence-corrected chi connectivity index (χ4v) is 3.35. The Balaban J connectivity index is 1.41. The Hall–Kier alpha value is -2.41. The van der Waals surface area contributed by atoms with E-state index < -0.39 is 12.2 Å². The Morgan fingerprint density at radius 2 is 2.17 bits per heavy atom. The van der Waals surface area contributed by atoms with Crippen molar-refractivity contribution in [2.75, 3.05) is 19.6 Å². The Morgan fingerprint density at radius 1 is 1.43 bits per heavy atom. The van der Waals surface area contributed by atoms with Gasteiger partial charge >= 0.3 is 6.09 Å². The standard InChI is InChI=1S/C16H19N3O4/c20-13(15-11-8-19(16(22)23)9-12(11)15)7-18-14(21)4-3-10-2-1-5-17-6-10/h1-6,11-13,15,20H,7-9H2,(H,18,21)(H,22,23)/b4-3+. The molecule has 0 aromatic carbocycles. The van der Waals surface area contributed by atoms with Crippen LogP contribution in [0, 0.1) is 17.8 Å². The molecule has 1 aliphatic carbocycles. The maximum absolute atomic E-state index is 11.7. The summed E-state index contributed by atoms with van der Waals surface area (Å²) in [4.78, 5) is 27.9. The number of pyridine rings is 1. The van der Waals surface area contributed by atoms with Gasteiger partial charge in [-0.05, 0) is 35.5 Å². The maximum atomic E-state index is 11.7. The highest BCUT2D eigenvalue weighted by Gasteiger charge is 2.59. The van der Waals surface area contributed by atoms with Crippen LogP contribution in [0.1, 0.15) is 5.56 Å². The van der Waals surface area contributed by atoms with Crippen LogP contribution in [-0.4, -0.2) is 57.8 Å². The quantitative estimate of drug-likeness (QED) is 0.683. The van der Waals surface area contributed by atoms with Crippen molar-refractivity contribution in [3.05, 3.63) is 36.2 Å². The molecule has 1 aliphatic heterocycles. The number of aromatic nitrogens is 1. The minimum absolute atomic E-state index is 0.0909. The topological polar surface area (TPSA) is 103 Å². The summed E-state index contributed by atoms with van der Waals surface area (Å²) < 4.78 is 0. The van der Waals surface area contributed by atoms with Crippen molar-refractivity contribution in [2.45, 2.75) is 6.10 Å². The number of likely N-dealkylation sites (tertiary alicyclic amines) is 1. The highest BCUT2D eigenvalue weighted by molar-refractivity contribution is 5.91. The lowest BCUT2D eigenvalue weighted by Crippen LogP contribution is -2.36. The monoisotopic (exact) mass is 317 g/mol. The normalized spacial score (nSPS) is 26.8. The van der Waals surface area contributed by atoms with Crippen LogP contribution in [0.3, 0.4) is 0 Å². The summed E-state index contributed by atoms with van der Waals surface area (Å²) in [5, 5.41) is 21.7. The number of hydrogen-bond acceptors (Lipinski definition) is 4. The van der Waals surface area contributed by atoms with Crippen LogP contribution in [0.5, 0.6) is 0 Å². The number of carboxylic acid groups (broad SMARTS) is 1. The van der Waals surface area contributed by atoms with Gasteiger partial charge in [0.15, 0.2) is 0 Å². The molecule has 3 unspecified atom stereocenters. The Morgan fingerprint density at radius 3 is 2.78 bits per heavy atom. The predicted molar refractivity (Wildman–Crippen MR) is 82.4 cm³/mol. The fraction of sp³-hybridized carbons (Fsp3) is 0.438. The molecule has 1 saturated heterocycles. The van der Waals surface area contributed by atoms with E-state index in [1.54, 1.807) is 24.5 Å². The summed E-state index contributed by atoms with van der Waals surface area (Å²) in [6.07, 6.45) is 4.84. The minimum atomic E-state index is -0.903. The van der Waals surface area contributed by atoms with E-state index in [1.165, 1.54) is 11.0 Å².